The zero-order chi connectivity index (χ0) is 15.8. The van der Waals surface area contributed by atoms with Crippen LogP contribution >= 0.6 is 0 Å². The number of benzene rings is 1. The Morgan fingerprint density at radius 2 is 2.00 bits per heavy atom. The van der Waals surface area contributed by atoms with Gasteiger partial charge >= 0.3 is 5.97 Å². The van der Waals surface area contributed by atoms with Crippen molar-refractivity contribution in [2.24, 2.45) is 5.92 Å². The van der Waals surface area contributed by atoms with Crippen LogP contribution < -0.4 is 0 Å². The van der Waals surface area contributed by atoms with Gasteiger partial charge in [0.25, 0.3) is 0 Å². The molecule has 1 aliphatic rings. The molecule has 2 rings (SSSR count). The molecule has 120 valence electrons. The monoisotopic (exact) mass is 300 g/mol. The van der Waals surface area contributed by atoms with Gasteiger partial charge in [-0.05, 0) is 56.1 Å². The average Bonchev–Trinajstić information content (AvgIpc) is 2.54. The van der Waals surface area contributed by atoms with E-state index in [1.54, 1.807) is 0 Å². The van der Waals surface area contributed by atoms with Gasteiger partial charge < -0.3 is 4.74 Å². The van der Waals surface area contributed by atoms with Crippen molar-refractivity contribution in [3.63, 3.8) is 0 Å². The molecule has 0 aliphatic heterocycles. The smallest absolute Gasteiger partial charge is 0.306 e. The zero-order valence-corrected chi connectivity index (χ0v) is 13.9. The highest BCUT2D eigenvalue weighted by molar-refractivity contribution is 5.74. The van der Waals surface area contributed by atoms with E-state index in [2.05, 4.69) is 37.3 Å². The second-order valence-electron chi connectivity index (χ2n) is 6.07. The summed E-state index contributed by atoms with van der Waals surface area (Å²) in [5, 5.41) is 0. The van der Waals surface area contributed by atoms with Crippen LogP contribution in [0.25, 0.3) is 5.57 Å². The molecule has 1 unspecified atom stereocenters. The Morgan fingerprint density at radius 1 is 1.23 bits per heavy atom. The molecule has 0 N–H and O–H groups in total. The maximum Gasteiger partial charge on any atom is 0.306 e. The summed E-state index contributed by atoms with van der Waals surface area (Å²) in [6.07, 6.45) is 7.48. The molecule has 22 heavy (non-hydrogen) atoms. The summed E-state index contributed by atoms with van der Waals surface area (Å²) in [6.45, 7) is 4.58. The third-order valence-electron chi connectivity index (χ3n) is 4.50. The first-order valence-electron chi connectivity index (χ1n) is 8.69. The molecule has 0 fully saturated rings. The van der Waals surface area contributed by atoms with Crippen LogP contribution in [-0.4, -0.2) is 12.6 Å². The lowest BCUT2D eigenvalue weighted by molar-refractivity contribution is -0.144. The summed E-state index contributed by atoms with van der Waals surface area (Å²) < 4.78 is 5.18. The average molecular weight is 300 g/mol. The van der Waals surface area contributed by atoms with E-state index in [1.165, 1.54) is 36.0 Å². The number of ether oxygens (including phenoxy) is 1. The van der Waals surface area contributed by atoms with E-state index >= 15 is 0 Å². The van der Waals surface area contributed by atoms with E-state index in [0.717, 1.165) is 19.3 Å². The van der Waals surface area contributed by atoms with Gasteiger partial charge in [0, 0.05) is 0 Å². The maximum atomic E-state index is 11.9. The fourth-order valence-corrected chi connectivity index (χ4v) is 3.44. The van der Waals surface area contributed by atoms with E-state index in [9.17, 15) is 4.79 Å². The minimum absolute atomic E-state index is 0.0455. The molecule has 2 heteroatoms. The number of hydrogen-bond donors (Lipinski definition) is 0. The quantitative estimate of drug-likeness (QED) is 0.632. The van der Waals surface area contributed by atoms with Crippen LogP contribution in [-0.2, 0) is 9.53 Å². The Labute approximate surface area is 134 Å². The standard InChI is InChI=1S/C20H28O2/c1-3-5-13-19-17(15-20(21)22-4-2)12-9-14-18(19)16-10-7-6-8-11-16/h6-8,10-11,17H,3-5,9,12-15H2,1-2H3. The largest absolute Gasteiger partial charge is 0.466 e. The first kappa shape index (κ1) is 16.8. The van der Waals surface area contributed by atoms with Gasteiger partial charge in [-0.15, -0.1) is 0 Å². The van der Waals surface area contributed by atoms with Crippen molar-refractivity contribution in [3.05, 3.63) is 41.5 Å². The molecule has 2 nitrogen and oxygen atoms in total. The lowest BCUT2D eigenvalue weighted by Gasteiger charge is -2.29. The summed E-state index contributed by atoms with van der Waals surface area (Å²) in [4.78, 5) is 11.9. The van der Waals surface area contributed by atoms with E-state index in [1.807, 2.05) is 6.92 Å². The fourth-order valence-electron chi connectivity index (χ4n) is 3.44. The summed E-state index contributed by atoms with van der Waals surface area (Å²) in [5.74, 6) is 0.324. The number of esters is 1. The summed E-state index contributed by atoms with van der Waals surface area (Å²) >= 11 is 0. The molecule has 0 bridgehead atoms. The normalized spacial score (nSPS) is 18.4. The number of rotatable bonds is 7. The van der Waals surface area contributed by atoms with Crippen molar-refractivity contribution >= 4 is 11.5 Å². The van der Waals surface area contributed by atoms with Gasteiger partial charge in [-0.2, -0.15) is 0 Å². The van der Waals surface area contributed by atoms with Gasteiger partial charge in [-0.1, -0.05) is 49.2 Å². The minimum Gasteiger partial charge on any atom is -0.466 e. The highest BCUT2D eigenvalue weighted by atomic mass is 16.5. The zero-order valence-electron chi connectivity index (χ0n) is 13.9. The van der Waals surface area contributed by atoms with Crippen LogP contribution in [0.4, 0.5) is 0 Å². The van der Waals surface area contributed by atoms with E-state index < -0.39 is 0 Å². The molecular weight excluding hydrogens is 272 g/mol. The second-order valence-corrected chi connectivity index (χ2v) is 6.07. The van der Waals surface area contributed by atoms with Crippen molar-refractivity contribution < 1.29 is 9.53 Å². The molecule has 1 aromatic rings. The Balaban J connectivity index is 2.26. The van der Waals surface area contributed by atoms with Crippen LogP contribution in [0, 0.1) is 5.92 Å². The molecule has 0 saturated heterocycles. The second kappa shape index (κ2) is 8.77. The lowest BCUT2D eigenvalue weighted by Crippen LogP contribution is -2.18. The molecule has 0 spiro atoms. The van der Waals surface area contributed by atoms with Gasteiger partial charge in [-0.3, -0.25) is 4.79 Å². The van der Waals surface area contributed by atoms with Crippen LogP contribution in [0.2, 0.25) is 0 Å². The molecule has 0 amide bonds. The molecule has 0 heterocycles. The van der Waals surface area contributed by atoms with E-state index in [4.69, 9.17) is 4.74 Å². The number of allylic oxidation sites excluding steroid dienone is 2. The molecule has 1 aliphatic carbocycles. The Bertz CT molecular complexity index is 502. The molecule has 1 atom stereocenters. The first-order chi connectivity index (χ1) is 10.8. The Kier molecular flexibility index (Phi) is 6.70. The molecule has 0 aromatic heterocycles. The number of carbonyl (C=O) groups excluding carboxylic acids is 1. The number of hydrogen-bond acceptors (Lipinski definition) is 2. The third kappa shape index (κ3) is 4.46. The summed E-state index contributed by atoms with van der Waals surface area (Å²) in [5.41, 5.74) is 4.32. The van der Waals surface area contributed by atoms with Crippen LogP contribution in [0.1, 0.15) is 64.4 Å². The SMILES string of the molecule is CCCCC1=C(c2ccccc2)CCCC1CC(=O)OCC. The van der Waals surface area contributed by atoms with Crippen LogP contribution in [0.15, 0.2) is 35.9 Å². The van der Waals surface area contributed by atoms with E-state index in [0.29, 0.717) is 18.9 Å². The van der Waals surface area contributed by atoms with Crippen molar-refractivity contribution in [1.82, 2.24) is 0 Å². The van der Waals surface area contributed by atoms with Crippen molar-refractivity contribution in [2.45, 2.75) is 58.8 Å². The van der Waals surface area contributed by atoms with Crippen LogP contribution in [0.5, 0.6) is 0 Å². The van der Waals surface area contributed by atoms with Gasteiger partial charge in [0.15, 0.2) is 0 Å². The van der Waals surface area contributed by atoms with Gasteiger partial charge in [0.05, 0.1) is 13.0 Å². The Hall–Kier alpha value is -1.57. The topological polar surface area (TPSA) is 26.3 Å². The summed E-state index contributed by atoms with van der Waals surface area (Å²) in [6, 6.07) is 10.7. The van der Waals surface area contributed by atoms with E-state index in [-0.39, 0.29) is 5.97 Å². The first-order valence-corrected chi connectivity index (χ1v) is 8.69. The molecule has 1 aromatic carbocycles. The molecule has 0 saturated carbocycles. The number of unbranched alkanes of at least 4 members (excludes halogenated alkanes) is 1. The highest BCUT2D eigenvalue weighted by Gasteiger charge is 2.25. The highest BCUT2D eigenvalue weighted by Crippen LogP contribution is 2.40. The van der Waals surface area contributed by atoms with Crippen molar-refractivity contribution in [3.8, 4) is 0 Å². The predicted molar refractivity (Wildman–Crippen MR) is 91.5 cm³/mol. The lowest BCUT2D eigenvalue weighted by atomic mass is 9.76. The van der Waals surface area contributed by atoms with Gasteiger partial charge in [-0.25, -0.2) is 0 Å². The number of carbonyl (C=O) groups is 1. The maximum absolute atomic E-state index is 11.9. The van der Waals surface area contributed by atoms with Crippen LogP contribution in [0.3, 0.4) is 0 Å². The molecular formula is C20H28O2. The van der Waals surface area contributed by atoms with Crippen molar-refractivity contribution in [1.29, 1.82) is 0 Å². The summed E-state index contributed by atoms with van der Waals surface area (Å²) in [7, 11) is 0. The van der Waals surface area contributed by atoms with Gasteiger partial charge in [0.2, 0.25) is 0 Å². The van der Waals surface area contributed by atoms with Gasteiger partial charge in [0.1, 0.15) is 0 Å². The minimum atomic E-state index is -0.0455. The Morgan fingerprint density at radius 3 is 2.68 bits per heavy atom. The van der Waals surface area contributed by atoms with Crippen molar-refractivity contribution in [2.75, 3.05) is 6.61 Å². The molecule has 0 radical (unpaired) electrons. The third-order valence-corrected chi connectivity index (χ3v) is 4.50. The predicted octanol–water partition coefficient (Wildman–Crippen LogP) is 5.38. The fraction of sp³-hybridized carbons (Fsp3) is 0.550.